The lowest BCUT2D eigenvalue weighted by Gasteiger charge is -2.30. The average molecular weight is 504 g/mol. The van der Waals surface area contributed by atoms with E-state index in [2.05, 4.69) is 9.71 Å². The molecular formula is C24H26FN3O4S2. The van der Waals surface area contributed by atoms with Crippen molar-refractivity contribution in [3.05, 3.63) is 59.9 Å². The van der Waals surface area contributed by atoms with Gasteiger partial charge in [-0.25, -0.2) is 4.39 Å². The fraction of sp³-hybridized carbons (Fsp3) is 0.375. The Kier molecular flexibility index (Phi) is 7.37. The van der Waals surface area contributed by atoms with Crippen molar-refractivity contribution >= 4 is 44.5 Å². The van der Waals surface area contributed by atoms with Crippen molar-refractivity contribution in [1.29, 1.82) is 0 Å². The molecule has 1 atom stereocenters. The highest BCUT2D eigenvalue weighted by molar-refractivity contribution is 8.16. The third-order valence-corrected chi connectivity index (χ3v) is 8.47. The molecule has 0 bridgehead atoms. The molecule has 0 spiro atoms. The Morgan fingerprint density at radius 2 is 1.74 bits per heavy atom. The van der Waals surface area contributed by atoms with Crippen LogP contribution in [0.25, 0.3) is 0 Å². The molecule has 2 fully saturated rings. The maximum absolute atomic E-state index is 13.3. The molecule has 1 aliphatic heterocycles. The summed E-state index contributed by atoms with van der Waals surface area (Å²) in [5, 5.41) is 2.00. The normalized spacial score (nSPS) is 20.6. The number of aryl methyl sites for hydroxylation is 1. The number of sulfonamides is 1. The van der Waals surface area contributed by atoms with Crippen molar-refractivity contribution < 1.29 is 22.4 Å². The topological polar surface area (TPSA) is 95.9 Å². The van der Waals surface area contributed by atoms with Gasteiger partial charge in [-0.3, -0.25) is 14.5 Å². The summed E-state index contributed by atoms with van der Waals surface area (Å²) in [6.45, 7) is 1.86. The number of carbonyl (C=O) groups is 2. The molecule has 1 aliphatic carbocycles. The Labute approximate surface area is 202 Å². The van der Waals surface area contributed by atoms with E-state index in [1.807, 2.05) is 6.92 Å². The van der Waals surface area contributed by atoms with Crippen LogP contribution in [0.1, 0.15) is 44.1 Å². The summed E-state index contributed by atoms with van der Waals surface area (Å²) in [6, 6.07) is 11.6. The molecule has 2 amide bonds. The molecule has 1 saturated heterocycles. The highest BCUT2D eigenvalue weighted by Gasteiger charge is 2.43. The third-order valence-electron chi connectivity index (χ3n) is 5.92. The van der Waals surface area contributed by atoms with Gasteiger partial charge in [-0.15, -0.1) is 4.40 Å². The van der Waals surface area contributed by atoms with Gasteiger partial charge >= 0.3 is 0 Å². The van der Waals surface area contributed by atoms with Crippen molar-refractivity contribution in [3.8, 4) is 0 Å². The Morgan fingerprint density at radius 3 is 2.38 bits per heavy atom. The minimum absolute atomic E-state index is 0.0553. The Morgan fingerprint density at radius 1 is 1.09 bits per heavy atom. The summed E-state index contributed by atoms with van der Waals surface area (Å²) in [5.74, 6) is -1.13. The van der Waals surface area contributed by atoms with E-state index in [0.717, 1.165) is 49.4 Å². The zero-order chi connectivity index (χ0) is 24.3. The second kappa shape index (κ2) is 10.3. The van der Waals surface area contributed by atoms with Crippen molar-refractivity contribution in [2.24, 2.45) is 4.40 Å². The van der Waals surface area contributed by atoms with Crippen LogP contribution in [0.2, 0.25) is 0 Å². The van der Waals surface area contributed by atoms with E-state index in [-0.39, 0.29) is 28.4 Å². The minimum Gasteiger partial charge on any atom is -0.326 e. The van der Waals surface area contributed by atoms with Crippen LogP contribution in [-0.4, -0.2) is 41.6 Å². The smallest absolute Gasteiger partial charge is 0.284 e. The molecular weight excluding hydrogens is 477 g/mol. The van der Waals surface area contributed by atoms with Gasteiger partial charge in [-0.05, 0) is 56.2 Å². The van der Waals surface area contributed by atoms with Gasteiger partial charge < -0.3 is 5.32 Å². The monoisotopic (exact) mass is 503 g/mol. The van der Waals surface area contributed by atoms with Crippen LogP contribution in [-0.2, 0) is 19.6 Å². The highest BCUT2D eigenvalue weighted by Crippen LogP contribution is 2.36. The number of amidine groups is 1. The van der Waals surface area contributed by atoms with Gasteiger partial charge in [0.1, 0.15) is 11.1 Å². The number of amides is 2. The maximum Gasteiger partial charge on any atom is 0.284 e. The van der Waals surface area contributed by atoms with E-state index in [4.69, 9.17) is 0 Å². The number of benzene rings is 2. The number of rotatable bonds is 6. The summed E-state index contributed by atoms with van der Waals surface area (Å²) in [4.78, 5) is 27.4. The highest BCUT2D eigenvalue weighted by atomic mass is 32.2. The molecule has 1 saturated carbocycles. The standard InChI is InChI=1S/C24H26FN3O4S2/c1-16-7-13-20(14-8-16)34(31,32)27-24-28(19-5-3-2-4-6-19)23(30)21(33-24)15-22(29)26-18-11-9-17(25)10-12-18/h7-14,19,21H,2-6,15H2,1H3,(H,26,29). The molecule has 0 aromatic heterocycles. The zero-order valence-corrected chi connectivity index (χ0v) is 20.4. The molecule has 0 radical (unpaired) electrons. The van der Waals surface area contributed by atoms with Crippen LogP contribution in [0, 0.1) is 12.7 Å². The summed E-state index contributed by atoms with van der Waals surface area (Å²) in [5.41, 5.74) is 1.34. The van der Waals surface area contributed by atoms with Crippen LogP contribution in [0.4, 0.5) is 10.1 Å². The maximum atomic E-state index is 13.3. The lowest BCUT2D eigenvalue weighted by Crippen LogP contribution is -2.42. The van der Waals surface area contributed by atoms with Crippen molar-refractivity contribution in [2.75, 3.05) is 5.32 Å². The van der Waals surface area contributed by atoms with Crippen LogP contribution >= 0.6 is 11.8 Å². The van der Waals surface area contributed by atoms with Crippen molar-refractivity contribution in [1.82, 2.24) is 4.90 Å². The number of hydrogen-bond acceptors (Lipinski definition) is 5. The molecule has 7 nitrogen and oxygen atoms in total. The van der Waals surface area contributed by atoms with E-state index in [9.17, 15) is 22.4 Å². The molecule has 1 heterocycles. The molecule has 2 aromatic rings. The number of nitrogens with one attached hydrogen (secondary N) is 1. The molecule has 1 unspecified atom stereocenters. The number of halogens is 1. The summed E-state index contributed by atoms with van der Waals surface area (Å²) in [6.07, 6.45) is 4.37. The minimum atomic E-state index is -4.02. The van der Waals surface area contributed by atoms with Gasteiger partial charge in [0.05, 0.1) is 4.90 Å². The van der Waals surface area contributed by atoms with Crippen molar-refractivity contribution in [3.63, 3.8) is 0 Å². The van der Waals surface area contributed by atoms with E-state index >= 15 is 0 Å². The Balaban J connectivity index is 1.57. The van der Waals surface area contributed by atoms with Gasteiger partial charge in [0.2, 0.25) is 11.8 Å². The van der Waals surface area contributed by atoms with Crippen molar-refractivity contribution in [2.45, 2.75) is 61.6 Å². The third kappa shape index (κ3) is 5.67. The fourth-order valence-corrected chi connectivity index (χ4v) is 6.53. The molecule has 34 heavy (non-hydrogen) atoms. The number of nitrogens with zero attached hydrogens (tertiary/aromatic N) is 2. The first-order valence-electron chi connectivity index (χ1n) is 11.2. The van der Waals surface area contributed by atoms with Crippen LogP contribution in [0.5, 0.6) is 0 Å². The largest absolute Gasteiger partial charge is 0.326 e. The van der Waals surface area contributed by atoms with Crippen LogP contribution < -0.4 is 5.32 Å². The SMILES string of the molecule is Cc1ccc(S(=O)(=O)N=C2SC(CC(=O)Nc3ccc(F)cc3)C(=O)N2C2CCCCC2)cc1. The molecule has 1 N–H and O–H groups in total. The van der Waals surface area contributed by atoms with Gasteiger partial charge in [0.25, 0.3) is 10.0 Å². The summed E-state index contributed by atoms with van der Waals surface area (Å²) in [7, 11) is -4.02. The quantitative estimate of drug-likeness (QED) is 0.627. The Bertz CT molecular complexity index is 1190. The lowest BCUT2D eigenvalue weighted by atomic mass is 9.94. The molecule has 2 aromatic carbocycles. The fourth-order valence-electron chi connectivity index (χ4n) is 4.13. The first-order chi connectivity index (χ1) is 16.2. The second-order valence-corrected chi connectivity index (χ2v) is 11.3. The van der Waals surface area contributed by atoms with E-state index in [0.29, 0.717) is 5.69 Å². The molecule has 4 rings (SSSR count). The number of thioether (sulfide) groups is 1. The average Bonchev–Trinajstić information content (AvgIpc) is 3.10. The summed E-state index contributed by atoms with van der Waals surface area (Å²) >= 11 is 1.01. The predicted octanol–water partition coefficient (Wildman–Crippen LogP) is 4.48. The van der Waals surface area contributed by atoms with Gasteiger partial charge in [0.15, 0.2) is 5.17 Å². The van der Waals surface area contributed by atoms with Crippen LogP contribution in [0.15, 0.2) is 57.8 Å². The number of carbonyl (C=O) groups excluding carboxylic acids is 2. The Hall–Kier alpha value is -2.72. The van der Waals surface area contributed by atoms with Gasteiger partial charge in [-0.2, -0.15) is 8.42 Å². The molecule has 2 aliphatic rings. The van der Waals surface area contributed by atoms with Gasteiger partial charge in [-0.1, -0.05) is 48.7 Å². The predicted molar refractivity (Wildman–Crippen MR) is 131 cm³/mol. The summed E-state index contributed by atoms with van der Waals surface area (Å²) < 4.78 is 43.1. The molecule has 180 valence electrons. The number of hydrogen-bond donors (Lipinski definition) is 1. The van der Waals surface area contributed by atoms with E-state index < -0.39 is 27.0 Å². The molecule has 10 heteroatoms. The lowest BCUT2D eigenvalue weighted by molar-refractivity contribution is -0.130. The van der Waals surface area contributed by atoms with Crippen LogP contribution in [0.3, 0.4) is 0 Å². The second-order valence-electron chi connectivity index (χ2n) is 8.53. The van der Waals surface area contributed by atoms with Gasteiger partial charge in [0, 0.05) is 18.2 Å². The first kappa shape index (κ1) is 24.4. The first-order valence-corrected chi connectivity index (χ1v) is 13.5. The number of anilines is 1. The van der Waals surface area contributed by atoms with E-state index in [1.165, 1.54) is 41.3 Å². The van der Waals surface area contributed by atoms with E-state index in [1.54, 1.807) is 12.1 Å². The zero-order valence-electron chi connectivity index (χ0n) is 18.7.